The van der Waals surface area contributed by atoms with E-state index < -0.39 is 0 Å². The summed E-state index contributed by atoms with van der Waals surface area (Å²) in [5, 5.41) is 0. The number of hydrogen-bond acceptors (Lipinski definition) is 4. The van der Waals surface area contributed by atoms with Gasteiger partial charge in [-0.25, -0.2) is 4.90 Å². The molecule has 3 rings (SSSR count). The summed E-state index contributed by atoms with van der Waals surface area (Å²) in [6.45, 7) is 1.81. The van der Waals surface area contributed by atoms with Gasteiger partial charge in [0.15, 0.2) is 0 Å². The molecule has 1 aromatic carbocycles. The molecule has 5 heteroatoms. The van der Waals surface area contributed by atoms with Crippen LogP contribution in [0.3, 0.4) is 0 Å². The van der Waals surface area contributed by atoms with Gasteiger partial charge in [0, 0.05) is 0 Å². The third kappa shape index (κ3) is 2.08. The number of nitrogens with zero attached hydrogens (tertiary/aromatic N) is 2. The third-order valence-electron chi connectivity index (χ3n) is 4.03. The standard InChI is InChI=1S/C15H18N2O3/c1-20-13-7-3-2-6-11(13)17-14(18)10-12(15(17)19)16-8-4-5-9-16/h2-3,6-7,12H,4-5,8-10H2,1H3. The van der Waals surface area contributed by atoms with Crippen LogP contribution in [0.15, 0.2) is 24.3 Å². The molecule has 2 fully saturated rings. The van der Waals surface area contributed by atoms with Crippen molar-refractivity contribution in [2.75, 3.05) is 25.1 Å². The fourth-order valence-corrected chi connectivity index (χ4v) is 3.02. The minimum atomic E-state index is -0.296. The maximum Gasteiger partial charge on any atom is 0.251 e. The number of methoxy groups -OCH3 is 1. The number of ether oxygens (including phenoxy) is 1. The van der Waals surface area contributed by atoms with E-state index in [1.54, 1.807) is 19.2 Å². The van der Waals surface area contributed by atoms with Crippen LogP contribution in [-0.4, -0.2) is 43.0 Å². The Hall–Kier alpha value is -1.88. The van der Waals surface area contributed by atoms with E-state index in [2.05, 4.69) is 4.90 Å². The Morgan fingerprint density at radius 1 is 1.15 bits per heavy atom. The predicted octanol–water partition coefficient (Wildman–Crippen LogP) is 1.42. The zero-order valence-corrected chi connectivity index (χ0v) is 11.5. The quantitative estimate of drug-likeness (QED) is 0.782. The van der Waals surface area contributed by atoms with E-state index in [1.165, 1.54) is 4.90 Å². The predicted molar refractivity (Wildman–Crippen MR) is 74.7 cm³/mol. The number of likely N-dealkylation sites (tertiary alicyclic amines) is 1. The molecule has 0 aromatic heterocycles. The van der Waals surface area contributed by atoms with E-state index in [0.717, 1.165) is 25.9 Å². The van der Waals surface area contributed by atoms with Gasteiger partial charge in [0.25, 0.3) is 5.91 Å². The summed E-state index contributed by atoms with van der Waals surface area (Å²) in [5.74, 6) is 0.286. The second kappa shape index (κ2) is 5.25. The first kappa shape index (κ1) is 13.1. The molecule has 5 nitrogen and oxygen atoms in total. The van der Waals surface area contributed by atoms with Crippen molar-refractivity contribution in [3.05, 3.63) is 24.3 Å². The Morgan fingerprint density at radius 2 is 1.85 bits per heavy atom. The van der Waals surface area contributed by atoms with Gasteiger partial charge in [0.05, 0.1) is 25.3 Å². The third-order valence-corrected chi connectivity index (χ3v) is 4.03. The molecule has 20 heavy (non-hydrogen) atoms. The van der Waals surface area contributed by atoms with E-state index in [4.69, 9.17) is 4.74 Å². The van der Waals surface area contributed by atoms with E-state index in [9.17, 15) is 9.59 Å². The molecule has 0 bridgehead atoms. The van der Waals surface area contributed by atoms with Gasteiger partial charge in [-0.05, 0) is 38.1 Å². The monoisotopic (exact) mass is 274 g/mol. The molecule has 1 atom stereocenters. The van der Waals surface area contributed by atoms with E-state index in [1.807, 2.05) is 12.1 Å². The highest BCUT2D eigenvalue weighted by atomic mass is 16.5. The highest BCUT2D eigenvalue weighted by Gasteiger charge is 2.43. The number of hydrogen-bond donors (Lipinski definition) is 0. The lowest BCUT2D eigenvalue weighted by atomic mass is 10.2. The maximum absolute atomic E-state index is 12.6. The minimum absolute atomic E-state index is 0.124. The molecule has 0 saturated carbocycles. The maximum atomic E-state index is 12.6. The first-order chi connectivity index (χ1) is 9.72. The Balaban J connectivity index is 1.90. The lowest BCUT2D eigenvalue weighted by Gasteiger charge is -2.22. The molecule has 1 aromatic rings. The van der Waals surface area contributed by atoms with E-state index >= 15 is 0 Å². The fraction of sp³-hybridized carbons (Fsp3) is 0.467. The second-order valence-electron chi connectivity index (χ2n) is 5.20. The molecule has 2 amide bonds. The van der Waals surface area contributed by atoms with Crippen LogP contribution in [0, 0.1) is 0 Å². The van der Waals surface area contributed by atoms with E-state index in [-0.39, 0.29) is 24.3 Å². The van der Waals surface area contributed by atoms with Crippen LogP contribution in [0.4, 0.5) is 5.69 Å². The average Bonchev–Trinajstić information content (AvgIpc) is 3.07. The molecule has 2 heterocycles. The number of para-hydroxylation sites is 2. The molecule has 0 radical (unpaired) electrons. The largest absolute Gasteiger partial charge is 0.495 e. The summed E-state index contributed by atoms with van der Waals surface area (Å²) in [6.07, 6.45) is 2.48. The van der Waals surface area contributed by atoms with Crippen LogP contribution in [0.2, 0.25) is 0 Å². The van der Waals surface area contributed by atoms with Crippen molar-refractivity contribution < 1.29 is 14.3 Å². The topological polar surface area (TPSA) is 49.9 Å². The normalized spacial score (nSPS) is 23.6. The number of amides is 2. The van der Waals surface area contributed by atoms with Gasteiger partial charge in [0.1, 0.15) is 5.75 Å². The fourth-order valence-electron chi connectivity index (χ4n) is 3.02. The van der Waals surface area contributed by atoms with E-state index in [0.29, 0.717) is 11.4 Å². The number of carbonyl (C=O) groups excluding carboxylic acids is 2. The van der Waals surface area contributed by atoms with Gasteiger partial charge in [-0.1, -0.05) is 12.1 Å². The highest BCUT2D eigenvalue weighted by Crippen LogP contribution is 2.33. The number of anilines is 1. The molecule has 0 N–H and O–H groups in total. The average molecular weight is 274 g/mol. The van der Waals surface area contributed by atoms with Gasteiger partial charge in [-0.15, -0.1) is 0 Å². The Bertz CT molecular complexity index is 538. The molecule has 1 unspecified atom stereocenters. The second-order valence-corrected chi connectivity index (χ2v) is 5.20. The lowest BCUT2D eigenvalue weighted by molar-refractivity contribution is -0.122. The van der Waals surface area contributed by atoms with Gasteiger partial charge in [-0.3, -0.25) is 14.5 Å². The molecule has 106 valence electrons. The van der Waals surface area contributed by atoms with Gasteiger partial charge < -0.3 is 4.74 Å². The van der Waals surface area contributed by atoms with Crippen molar-refractivity contribution in [2.24, 2.45) is 0 Å². The Kier molecular flexibility index (Phi) is 3.44. The minimum Gasteiger partial charge on any atom is -0.495 e. The molecule has 2 aliphatic heterocycles. The summed E-state index contributed by atoms with van der Waals surface area (Å²) >= 11 is 0. The van der Waals surface area contributed by atoms with Crippen LogP contribution in [0.5, 0.6) is 5.75 Å². The van der Waals surface area contributed by atoms with Crippen LogP contribution in [0.1, 0.15) is 19.3 Å². The molecule has 2 aliphatic rings. The smallest absolute Gasteiger partial charge is 0.251 e. The number of carbonyl (C=O) groups is 2. The van der Waals surface area contributed by atoms with Crippen molar-refractivity contribution in [1.29, 1.82) is 0 Å². The number of benzene rings is 1. The van der Waals surface area contributed by atoms with Crippen LogP contribution < -0.4 is 9.64 Å². The van der Waals surface area contributed by atoms with Gasteiger partial charge >= 0.3 is 0 Å². The van der Waals surface area contributed by atoms with Gasteiger partial charge in [0.2, 0.25) is 5.91 Å². The molecule has 0 aliphatic carbocycles. The van der Waals surface area contributed by atoms with Crippen molar-refractivity contribution in [3.63, 3.8) is 0 Å². The van der Waals surface area contributed by atoms with Crippen molar-refractivity contribution in [2.45, 2.75) is 25.3 Å². The molecular formula is C15H18N2O3. The van der Waals surface area contributed by atoms with Crippen LogP contribution in [-0.2, 0) is 9.59 Å². The summed E-state index contributed by atoms with van der Waals surface area (Å²) in [5.41, 5.74) is 0.548. The lowest BCUT2D eigenvalue weighted by Crippen LogP contribution is -2.40. The van der Waals surface area contributed by atoms with Crippen molar-refractivity contribution in [1.82, 2.24) is 4.90 Å². The van der Waals surface area contributed by atoms with Crippen molar-refractivity contribution in [3.8, 4) is 5.75 Å². The first-order valence-electron chi connectivity index (χ1n) is 6.96. The zero-order chi connectivity index (χ0) is 14.1. The number of imide groups is 1. The zero-order valence-electron chi connectivity index (χ0n) is 11.5. The first-order valence-corrected chi connectivity index (χ1v) is 6.96. The van der Waals surface area contributed by atoms with Crippen LogP contribution >= 0.6 is 0 Å². The summed E-state index contributed by atoms with van der Waals surface area (Å²) in [7, 11) is 1.54. The highest BCUT2D eigenvalue weighted by molar-refractivity contribution is 6.23. The Labute approximate surface area is 118 Å². The SMILES string of the molecule is COc1ccccc1N1C(=O)CC(N2CCCC2)C1=O. The van der Waals surface area contributed by atoms with Crippen molar-refractivity contribution >= 4 is 17.5 Å². The summed E-state index contributed by atoms with van der Waals surface area (Å²) in [4.78, 5) is 28.2. The number of rotatable bonds is 3. The van der Waals surface area contributed by atoms with Gasteiger partial charge in [-0.2, -0.15) is 0 Å². The summed E-state index contributed by atoms with van der Waals surface area (Å²) < 4.78 is 5.26. The molecular weight excluding hydrogens is 256 g/mol. The summed E-state index contributed by atoms with van der Waals surface area (Å²) in [6, 6.07) is 6.85. The Morgan fingerprint density at radius 3 is 2.55 bits per heavy atom. The van der Waals surface area contributed by atoms with Crippen LogP contribution in [0.25, 0.3) is 0 Å². The molecule has 0 spiro atoms. The molecule has 2 saturated heterocycles.